The molecular formula is C11H17NO2Si. The highest BCUT2D eigenvalue weighted by Gasteiger charge is 2.14. The number of amides is 1. The van der Waals surface area contributed by atoms with E-state index < -0.39 is 14.9 Å². The van der Waals surface area contributed by atoms with Crippen molar-refractivity contribution >= 4 is 20.1 Å². The average Bonchev–Trinajstić information content (AvgIpc) is 2.15. The van der Waals surface area contributed by atoms with Crippen LogP contribution in [0.2, 0.25) is 13.1 Å². The summed E-state index contributed by atoms with van der Waals surface area (Å²) in [5, 5.41) is 1.21. The Morgan fingerprint density at radius 1 is 1.47 bits per heavy atom. The van der Waals surface area contributed by atoms with Gasteiger partial charge in [-0.3, -0.25) is 0 Å². The highest BCUT2D eigenvalue weighted by molar-refractivity contribution is 6.72. The summed E-state index contributed by atoms with van der Waals surface area (Å²) in [6.45, 7) is 6.52. The fraction of sp³-hybridized carbons (Fsp3) is 0.364. The molecule has 0 atom stereocenters. The van der Waals surface area contributed by atoms with Gasteiger partial charge in [0.2, 0.25) is 0 Å². The van der Waals surface area contributed by atoms with Gasteiger partial charge in [-0.1, -0.05) is 32.2 Å². The molecule has 1 aromatic rings. The Balaban J connectivity index is 3.19. The van der Waals surface area contributed by atoms with E-state index in [1.54, 1.807) is 0 Å². The summed E-state index contributed by atoms with van der Waals surface area (Å²) in [4.78, 5) is 10.8. The fourth-order valence-corrected chi connectivity index (χ4v) is 3.52. The Kier molecular flexibility index (Phi) is 3.91. The van der Waals surface area contributed by atoms with Crippen LogP contribution >= 0.6 is 0 Å². The van der Waals surface area contributed by atoms with Gasteiger partial charge in [0.05, 0.1) is 8.80 Å². The molecule has 0 aromatic heterocycles. The number of primary amides is 1. The van der Waals surface area contributed by atoms with Crippen LogP contribution < -0.4 is 15.7 Å². The van der Waals surface area contributed by atoms with Crippen molar-refractivity contribution in [1.29, 1.82) is 0 Å². The molecular weight excluding hydrogens is 206 g/mol. The lowest BCUT2D eigenvalue weighted by molar-refractivity contribution is 0.211. The van der Waals surface area contributed by atoms with E-state index in [-0.39, 0.29) is 0 Å². The number of nitrogens with two attached hydrogens (primary N) is 1. The first kappa shape index (κ1) is 11.8. The van der Waals surface area contributed by atoms with Gasteiger partial charge in [0, 0.05) is 0 Å². The Hall–Kier alpha value is -1.29. The predicted molar refractivity (Wildman–Crippen MR) is 64.5 cm³/mol. The van der Waals surface area contributed by atoms with Crippen molar-refractivity contribution in [2.24, 2.45) is 5.73 Å². The third-order valence-corrected chi connectivity index (χ3v) is 4.14. The van der Waals surface area contributed by atoms with Gasteiger partial charge in [-0.05, 0) is 23.2 Å². The van der Waals surface area contributed by atoms with Crippen LogP contribution in [0.25, 0.3) is 0 Å². The first-order chi connectivity index (χ1) is 7.06. The van der Waals surface area contributed by atoms with Gasteiger partial charge in [-0.25, -0.2) is 4.79 Å². The molecule has 0 heterocycles. The van der Waals surface area contributed by atoms with Gasteiger partial charge in [-0.2, -0.15) is 0 Å². The minimum absolute atomic E-state index is 0.642. The summed E-state index contributed by atoms with van der Waals surface area (Å²) >= 11 is 0. The molecule has 1 aromatic carbocycles. The van der Waals surface area contributed by atoms with Gasteiger partial charge in [0.1, 0.15) is 5.75 Å². The summed E-state index contributed by atoms with van der Waals surface area (Å²) in [5.74, 6) is 0.642. The van der Waals surface area contributed by atoms with Gasteiger partial charge in [0.25, 0.3) is 0 Å². The second-order valence-electron chi connectivity index (χ2n) is 3.76. The smallest absolute Gasteiger partial charge is 0.409 e. The number of ether oxygens (including phenoxy) is 1. The Bertz CT molecular complexity index is 364. The quantitative estimate of drug-likeness (QED) is 0.788. The highest BCUT2D eigenvalue weighted by atomic mass is 28.3. The van der Waals surface area contributed by atoms with Gasteiger partial charge in [0.15, 0.2) is 0 Å². The van der Waals surface area contributed by atoms with Crippen LogP contribution in [0.1, 0.15) is 12.5 Å². The normalized spacial score (nSPS) is 10.4. The summed E-state index contributed by atoms with van der Waals surface area (Å²) in [6.07, 6.45) is 0.218. The molecule has 15 heavy (non-hydrogen) atoms. The van der Waals surface area contributed by atoms with E-state index in [9.17, 15) is 4.79 Å². The zero-order chi connectivity index (χ0) is 11.4. The van der Waals surface area contributed by atoms with Crippen molar-refractivity contribution in [3.05, 3.63) is 23.8 Å². The highest BCUT2D eigenvalue weighted by Crippen LogP contribution is 2.13. The molecule has 2 N–H and O–H groups in total. The largest absolute Gasteiger partial charge is 0.411 e. The SMILES string of the molecule is CCc1cccc(OC(N)=O)c1[SiH](C)C. The van der Waals surface area contributed by atoms with E-state index in [0.29, 0.717) is 5.75 Å². The third kappa shape index (κ3) is 2.83. The molecule has 0 aliphatic heterocycles. The molecule has 1 amide bonds. The summed E-state index contributed by atoms with van der Waals surface area (Å²) in [6, 6.07) is 5.79. The van der Waals surface area contributed by atoms with Crippen LogP contribution in [0.3, 0.4) is 0 Å². The molecule has 1 rings (SSSR count). The maximum atomic E-state index is 10.8. The molecule has 0 fully saturated rings. The minimum Gasteiger partial charge on any atom is -0.411 e. The molecule has 0 aliphatic carbocycles. The average molecular weight is 223 g/mol. The monoisotopic (exact) mass is 223 g/mol. The minimum atomic E-state index is -1.02. The van der Waals surface area contributed by atoms with Crippen LogP contribution in [0.5, 0.6) is 5.75 Å². The lowest BCUT2D eigenvalue weighted by Gasteiger charge is -2.15. The van der Waals surface area contributed by atoms with Gasteiger partial charge < -0.3 is 10.5 Å². The molecule has 0 unspecified atom stereocenters. The molecule has 82 valence electrons. The summed E-state index contributed by atoms with van der Waals surface area (Å²) in [5.41, 5.74) is 6.30. The van der Waals surface area contributed by atoms with Crippen molar-refractivity contribution in [3.8, 4) is 5.75 Å². The van der Waals surface area contributed by atoms with E-state index in [1.807, 2.05) is 12.1 Å². The standard InChI is InChI=1S/C11H17NO2Si/c1-4-8-6-5-7-9(14-11(12)13)10(8)15(2)3/h5-7,15H,4H2,1-3H3,(H2,12,13). The van der Waals surface area contributed by atoms with E-state index in [1.165, 1.54) is 10.8 Å². The molecule has 3 nitrogen and oxygen atoms in total. The van der Waals surface area contributed by atoms with E-state index >= 15 is 0 Å². The van der Waals surface area contributed by atoms with Crippen LogP contribution in [0, 0.1) is 0 Å². The predicted octanol–water partition coefficient (Wildman–Crippen LogP) is 1.40. The molecule has 0 spiro atoms. The number of carbonyl (C=O) groups is 1. The lowest BCUT2D eigenvalue weighted by atomic mass is 10.1. The van der Waals surface area contributed by atoms with Gasteiger partial charge in [-0.15, -0.1) is 0 Å². The summed E-state index contributed by atoms with van der Waals surface area (Å²) < 4.78 is 5.02. The van der Waals surface area contributed by atoms with Crippen molar-refractivity contribution in [1.82, 2.24) is 0 Å². The maximum Gasteiger partial charge on any atom is 0.409 e. The Morgan fingerprint density at radius 2 is 2.13 bits per heavy atom. The van der Waals surface area contributed by atoms with Crippen LogP contribution in [0.4, 0.5) is 4.79 Å². The molecule has 0 bridgehead atoms. The topological polar surface area (TPSA) is 52.3 Å². The maximum absolute atomic E-state index is 10.8. The lowest BCUT2D eigenvalue weighted by Crippen LogP contribution is -2.31. The number of hydrogen-bond acceptors (Lipinski definition) is 2. The Labute approximate surface area is 91.8 Å². The van der Waals surface area contributed by atoms with Crippen molar-refractivity contribution in [2.75, 3.05) is 0 Å². The molecule has 0 saturated heterocycles. The summed E-state index contributed by atoms with van der Waals surface area (Å²) in [7, 11) is -1.02. The van der Waals surface area contributed by atoms with Gasteiger partial charge >= 0.3 is 6.09 Å². The molecule has 0 saturated carbocycles. The third-order valence-electron chi connectivity index (χ3n) is 2.33. The second-order valence-corrected chi connectivity index (χ2v) is 6.65. The molecule has 0 radical (unpaired) electrons. The fourth-order valence-electron chi connectivity index (χ4n) is 1.75. The number of benzene rings is 1. The van der Waals surface area contributed by atoms with E-state index in [0.717, 1.165) is 6.42 Å². The number of rotatable bonds is 3. The zero-order valence-electron chi connectivity index (χ0n) is 9.41. The van der Waals surface area contributed by atoms with Crippen molar-refractivity contribution in [3.63, 3.8) is 0 Å². The number of hydrogen-bond donors (Lipinski definition) is 1. The van der Waals surface area contributed by atoms with Crippen LogP contribution in [-0.4, -0.2) is 14.9 Å². The van der Waals surface area contributed by atoms with Crippen LogP contribution in [0.15, 0.2) is 18.2 Å². The zero-order valence-corrected chi connectivity index (χ0v) is 10.6. The van der Waals surface area contributed by atoms with Crippen molar-refractivity contribution in [2.45, 2.75) is 26.4 Å². The van der Waals surface area contributed by atoms with E-state index in [4.69, 9.17) is 10.5 Å². The first-order valence-electron chi connectivity index (χ1n) is 5.15. The van der Waals surface area contributed by atoms with Crippen LogP contribution in [-0.2, 0) is 6.42 Å². The second kappa shape index (κ2) is 4.98. The Morgan fingerprint density at radius 3 is 2.60 bits per heavy atom. The number of carbonyl (C=O) groups excluding carboxylic acids is 1. The molecule has 4 heteroatoms. The first-order valence-corrected chi connectivity index (χ1v) is 8.04. The van der Waals surface area contributed by atoms with Crippen molar-refractivity contribution < 1.29 is 9.53 Å². The van der Waals surface area contributed by atoms with E-state index in [2.05, 4.69) is 26.1 Å². The molecule has 0 aliphatic rings. The number of aryl methyl sites for hydroxylation is 1.